The van der Waals surface area contributed by atoms with E-state index in [-0.39, 0.29) is 6.10 Å². The monoisotopic (exact) mass is 287 g/mol. The van der Waals surface area contributed by atoms with Crippen molar-refractivity contribution in [3.05, 3.63) is 114 Å². The van der Waals surface area contributed by atoms with Crippen molar-refractivity contribution < 1.29 is 4.74 Å². The Kier molecular flexibility index (Phi) is 5.01. The Bertz CT molecular complexity index is 662. The minimum atomic E-state index is -0.0520. The molecule has 3 aromatic carbocycles. The van der Waals surface area contributed by atoms with Gasteiger partial charge in [0.25, 0.3) is 0 Å². The number of rotatable bonds is 6. The van der Waals surface area contributed by atoms with Crippen LogP contribution in [-0.4, -0.2) is 0 Å². The first kappa shape index (κ1) is 14.6. The van der Waals surface area contributed by atoms with Gasteiger partial charge in [0, 0.05) is 6.42 Å². The summed E-state index contributed by atoms with van der Waals surface area (Å²) >= 11 is 0. The molecule has 0 saturated carbocycles. The zero-order chi connectivity index (χ0) is 15.0. The predicted octanol–water partition coefficient (Wildman–Crippen LogP) is 5.20. The van der Waals surface area contributed by atoms with Crippen molar-refractivity contribution in [1.82, 2.24) is 0 Å². The first-order valence-electron chi connectivity index (χ1n) is 7.52. The fraction of sp³-hybridized carbons (Fsp3) is 0.0952. The fourth-order valence-electron chi connectivity index (χ4n) is 2.38. The number of benzene rings is 3. The van der Waals surface area contributed by atoms with Gasteiger partial charge in [-0.2, -0.15) is 0 Å². The highest BCUT2D eigenvalue weighted by molar-refractivity contribution is 5.30. The highest BCUT2D eigenvalue weighted by Gasteiger charge is 2.13. The number of hydrogen-bond donors (Lipinski definition) is 0. The lowest BCUT2D eigenvalue weighted by Gasteiger charge is -2.18. The summed E-state index contributed by atoms with van der Waals surface area (Å²) < 4.78 is 6.16. The van der Waals surface area contributed by atoms with Gasteiger partial charge in [0.1, 0.15) is 0 Å². The second-order valence-corrected chi connectivity index (χ2v) is 5.21. The standard InChI is InChI=1S/C21H19O/c1-4-10-18(11-5-1)16-21(20-14-8-3-9-15-20)22-17-19-12-6-2-7-13-19/h1-16,21H,17H2. The van der Waals surface area contributed by atoms with Gasteiger partial charge in [0.15, 0.2) is 0 Å². The second-order valence-electron chi connectivity index (χ2n) is 5.21. The van der Waals surface area contributed by atoms with Crippen molar-refractivity contribution in [2.24, 2.45) is 0 Å². The van der Waals surface area contributed by atoms with Crippen LogP contribution in [0.4, 0.5) is 0 Å². The van der Waals surface area contributed by atoms with Gasteiger partial charge in [0.05, 0.1) is 12.7 Å². The molecule has 1 radical (unpaired) electrons. The molecule has 0 bridgehead atoms. The quantitative estimate of drug-likeness (QED) is 0.605. The predicted molar refractivity (Wildman–Crippen MR) is 90.3 cm³/mol. The molecule has 1 nitrogen and oxygen atoms in total. The van der Waals surface area contributed by atoms with Crippen LogP contribution in [0, 0.1) is 6.42 Å². The summed E-state index contributed by atoms with van der Waals surface area (Å²) in [6, 6.07) is 30.9. The van der Waals surface area contributed by atoms with Gasteiger partial charge < -0.3 is 4.74 Å². The molecule has 0 aliphatic rings. The molecule has 0 heterocycles. The third kappa shape index (κ3) is 4.06. The highest BCUT2D eigenvalue weighted by Crippen LogP contribution is 2.25. The van der Waals surface area contributed by atoms with Gasteiger partial charge in [-0.1, -0.05) is 91.0 Å². The maximum Gasteiger partial charge on any atom is 0.0904 e. The van der Waals surface area contributed by atoms with E-state index in [1.165, 1.54) is 16.7 Å². The first-order chi connectivity index (χ1) is 10.9. The summed E-state index contributed by atoms with van der Waals surface area (Å²) in [5.74, 6) is 0. The van der Waals surface area contributed by atoms with E-state index >= 15 is 0 Å². The van der Waals surface area contributed by atoms with Gasteiger partial charge in [-0.15, -0.1) is 0 Å². The molecule has 0 fully saturated rings. The molecule has 0 N–H and O–H groups in total. The van der Waals surface area contributed by atoms with E-state index in [1.54, 1.807) is 0 Å². The molecule has 22 heavy (non-hydrogen) atoms. The van der Waals surface area contributed by atoms with Crippen molar-refractivity contribution in [1.29, 1.82) is 0 Å². The van der Waals surface area contributed by atoms with Crippen molar-refractivity contribution in [3.8, 4) is 0 Å². The minimum absolute atomic E-state index is 0.0520. The summed E-state index contributed by atoms with van der Waals surface area (Å²) in [6.45, 7) is 0.601. The molecule has 0 spiro atoms. The SMILES string of the molecule is [CH](c1ccccc1)C(OCc1ccccc1)c1ccccc1. The lowest BCUT2D eigenvalue weighted by atomic mass is 10.0. The normalized spacial score (nSPS) is 12.0. The molecule has 0 aromatic heterocycles. The summed E-state index contributed by atoms with van der Waals surface area (Å²) in [5, 5.41) is 0. The summed E-state index contributed by atoms with van der Waals surface area (Å²) in [4.78, 5) is 0. The summed E-state index contributed by atoms with van der Waals surface area (Å²) in [6.07, 6.45) is 2.11. The van der Waals surface area contributed by atoms with Crippen LogP contribution in [0.5, 0.6) is 0 Å². The van der Waals surface area contributed by atoms with Gasteiger partial charge in [-0.05, 0) is 16.7 Å². The van der Waals surface area contributed by atoms with Crippen LogP contribution in [0.2, 0.25) is 0 Å². The van der Waals surface area contributed by atoms with E-state index in [0.717, 1.165) is 0 Å². The van der Waals surface area contributed by atoms with E-state index in [1.807, 2.05) is 54.6 Å². The van der Waals surface area contributed by atoms with Gasteiger partial charge >= 0.3 is 0 Å². The first-order valence-corrected chi connectivity index (χ1v) is 7.52. The fourth-order valence-corrected chi connectivity index (χ4v) is 2.38. The maximum absolute atomic E-state index is 6.16. The maximum atomic E-state index is 6.16. The van der Waals surface area contributed by atoms with Crippen LogP contribution in [0.1, 0.15) is 22.8 Å². The van der Waals surface area contributed by atoms with Gasteiger partial charge in [0.2, 0.25) is 0 Å². The van der Waals surface area contributed by atoms with Crippen molar-refractivity contribution >= 4 is 0 Å². The minimum Gasteiger partial charge on any atom is -0.368 e. The molecule has 109 valence electrons. The van der Waals surface area contributed by atoms with E-state index in [9.17, 15) is 0 Å². The van der Waals surface area contributed by atoms with Crippen LogP contribution in [-0.2, 0) is 11.3 Å². The zero-order valence-corrected chi connectivity index (χ0v) is 12.4. The Morgan fingerprint density at radius 3 is 1.86 bits per heavy atom. The summed E-state index contributed by atoms with van der Waals surface area (Å²) in [5.41, 5.74) is 3.52. The molecular weight excluding hydrogens is 268 g/mol. The topological polar surface area (TPSA) is 9.23 Å². The molecule has 3 rings (SSSR count). The van der Waals surface area contributed by atoms with Crippen LogP contribution in [0.25, 0.3) is 0 Å². The Morgan fingerprint density at radius 1 is 0.682 bits per heavy atom. The lowest BCUT2D eigenvalue weighted by molar-refractivity contribution is 0.0633. The van der Waals surface area contributed by atoms with Crippen LogP contribution >= 0.6 is 0 Å². The van der Waals surface area contributed by atoms with E-state index < -0.39 is 0 Å². The average Bonchev–Trinajstić information content (AvgIpc) is 2.61. The molecule has 1 heteroatoms. The number of ether oxygens (including phenoxy) is 1. The van der Waals surface area contributed by atoms with Crippen LogP contribution in [0.3, 0.4) is 0 Å². The van der Waals surface area contributed by atoms with Crippen molar-refractivity contribution in [3.63, 3.8) is 0 Å². The lowest BCUT2D eigenvalue weighted by Crippen LogP contribution is -2.06. The van der Waals surface area contributed by atoms with Crippen molar-refractivity contribution in [2.75, 3.05) is 0 Å². The molecule has 1 unspecified atom stereocenters. The third-order valence-corrected chi connectivity index (χ3v) is 3.54. The molecular formula is C21H19O. The van der Waals surface area contributed by atoms with E-state index in [2.05, 4.69) is 42.8 Å². The Balaban J connectivity index is 1.74. The third-order valence-electron chi connectivity index (χ3n) is 3.54. The Labute approximate surface area is 132 Å². The van der Waals surface area contributed by atoms with Crippen molar-refractivity contribution in [2.45, 2.75) is 12.7 Å². The van der Waals surface area contributed by atoms with E-state index in [0.29, 0.717) is 6.61 Å². The number of hydrogen-bond acceptors (Lipinski definition) is 1. The zero-order valence-electron chi connectivity index (χ0n) is 12.4. The summed E-state index contributed by atoms with van der Waals surface area (Å²) in [7, 11) is 0. The molecule has 0 amide bonds. The Hall–Kier alpha value is -2.38. The molecule has 3 aromatic rings. The van der Waals surface area contributed by atoms with Crippen LogP contribution < -0.4 is 0 Å². The van der Waals surface area contributed by atoms with Gasteiger partial charge in [-0.3, -0.25) is 0 Å². The van der Waals surface area contributed by atoms with Gasteiger partial charge in [-0.25, -0.2) is 0 Å². The molecule has 0 aliphatic heterocycles. The molecule has 1 atom stereocenters. The second kappa shape index (κ2) is 7.58. The molecule has 0 saturated heterocycles. The highest BCUT2D eigenvalue weighted by atomic mass is 16.5. The average molecular weight is 287 g/mol. The largest absolute Gasteiger partial charge is 0.368 e. The molecule has 0 aliphatic carbocycles. The Morgan fingerprint density at radius 2 is 1.23 bits per heavy atom. The van der Waals surface area contributed by atoms with E-state index in [4.69, 9.17) is 4.74 Å². The smallest absolute Gasteiger partial charge is 0.0904 e. The van der Waals surface area contributed by atoms with Crippen LogP contribution in [0.15, 0.2) is 91.0 Å².